The minimum absolute atomic E-state index is 0.140. The van der Waals surface area contributed by atoms with Crippen LogP contribution in [0.3, 0.4) is 0 Å². The van der Waals surface area contributed by atoms with Gasteiger partial charge in [-0.25, -0.2) is 0 Å². The summed E-state index contributed by atoms with van der Waals surface area (Å²) in [6.45, 7) is 0.940. The van der Waals surface area contributed by atoms with Crippen molar-refractivity contribution in [3.8, 4) is 5.75 Å². The Morgan fingerprint density at radius 2 is 1.74 bits per heavy atom. The SMILES string of the molecule is CON=C(COc1cccc(CNc2ccc(CCC(=O)O)cc2)c1)c1ccccc1. The van der Waals surface area contributed by atoms with E-state index in [4.69, 9.17) is 14.7 Å². The summed E-state index contributed by atoms with van der Waals surface area (Å²) >= 11 is 0. The summed E-state index contributed by atoms with van der Waals surface area (Å²) in [7, 11) is 1.52. The first-order valence-corrected chi connectivity index (χ1v) is 10.1. The number of hydrogen-bond acceptors (Lipinski definition) is 5. The fourth-order valence-corrected chi connectivity index (χ4v) is 3.04. The Bertz CT molecular complexity index is 1000. The summed E-state index contributed by atoms with van der Waals surface area (Å²) in [6, 6.07) is 25.5. The molecule has 2 N–H and O–H groups in total. The summed E-state index contributed by atoms with van der Waals surface area (Å²) in [5, 5.41) is 16.2. The smallest absolute Gasteiger partial charge is 0.303 e. The lowest BCUT2D eigenvalue weighted by atomic mass is 10.1. The molecule has 6 nitrogen and oxygen atoms in total. The van der Waals surface area contributed by atoms with Gasteiger partial charge in [0.25, 0.3) is 0 Å². The minimum atomic E-state index is -0.784. The standard InChI is InChI=1S/C25H26N2O4/c1-30-27-24(21-7-3-2-4-8-21)18-31-23-9-5-6-20(16-23)17-26-22-13-10-19(11-14-22)12-15-25(28)29/h2-11,13-14,16,26H,12,15,17-18H2,1H3,(H,28,29). The van der Waals surface area contributed by atoms with Crippen molar-refractivity contribution in [1.29, 1.82) is 0 Å². The fourth-order valence-electron chi connectivity index (χ4n) is 3.04. The van der Waals surface area contributed by atoms with E-state index in [1.807, 2.05) is 78.9 Å². The van der Waals surface area contributed by atoms with E-state index in [2.05, 4.69) is 10.5 Å². The van der Waals surface area contributed by atoms with Crippen LogP contribution < -0.4 is 10.1 Å². The number of aryl methyl sites for hydroxylation is 1. The third-order valence-corrected chi connectivity index (χ3v) is 4.66. The molecule has 0 fully saturated rings. The van der Waals surface area contributed by atoms with Gasteiger partial charge in [-0.3, -0.25) is 4.79 Å². The highest BCUT2D eigenvalue weighted by Gasteiger charge is 2.06. The molecular weight excluding hydrogens is 392 g/mol. The molecule has 31 heavy (non-hydrogen) atoms. The molecule has 0 aromatic heterocycles. The zero-order valence-electron chi connectivity index (χ0n) is 17.5. The molecule has 0 unspecified atom stereocenters. The van der Waals surface area contributed by atoms with Crippen molar-refractivity contribution in [2.45, 2.75) is 19.4 Å². The second kappa shape index (κ2) is 11.4. The molecule has 0 atom stereocenters. The largest absolute Gasteiger partial charge is 0.487 e. The van der Waals surface area contributed by atoms with E-state index in [1.54, 1.807) is 0 Å². The highest BCUT2D eigenvalue weighted by atomic mass is 16.6. The Morgan fingerprint density at radius 1 is 0.968 bits per heavy atom. The molecule has 0 radical (unpaired) electrons. The fraction of sp³-hybridized carbons (Fsp3) is 0.200. The Balaban J connectivity index is 1.55. The van der Waals surface area contributed by atoms with Crippen molar-refractivity contribution in [2.24, 2.45) is 5.16 Å². The van der Waals surface area contributed by atoms with Crippen molar-refractivity contribution in [2.75, 3.05) is 19.0 Å². The summed E-state index contributed by atoms with van der Waals surface area (Å²) in [6.07, 6.45) is 0.674. The molecule has 0 aliphatic carbocycles. The first-order chi connectivity index (χ1) is 15.1. The monoisotopic (exact) mass is 418 g/mol. The molecule has 0 saturated carbocycles. The van der Waals surface area contributed by atoms with Crippen molar-refractivity contribution >= 4 is 17.4 Å². The van der Waals surface area contributed by atoms with Gasteiger partial charge in [0.2, 0.25) is 0 Å². The molecule has 0 bridgehead atoms. The number of ether oxygens (including phenoxy) is 1. The molecule has 160 valence electrons. The second-order valence-corrected chi connectivity index (χ2v) is 6.97. The summed E-state index contributed by atoms with van der Waals surface area (Å²) < 4.78 is 5.94. The number of aliphatic carboxylic acids is 1. The molecular formula is C25H26N2O4. The molecule has 6 heteroatoms. The molecule has 0 spiro atoms. The minimum Gasteiger partial charge on any atom is -0.487 e. The predicted molar refractivity (Wildman–Crippen MR) is 122 cm³/mol. The van der Waals surface area contributed by atoms with Crippen molar-refractivity contribution in [3.63, 3.8) is 0 Å². The number of nitrogens with one attached hydrogen (secondary N) is 1. The van der Waals surface area contributed by atoms with E-state index in [-0.39, 0.29) is 6.42 Å². The Hall–Kier alpha value is -3.80. The van der Waals surface area contributed by atoms with Crippen LogP contribution in [-0.2, 0) is 22.6 Å². The first kappa shape index (κ1) is 21.9. The summed E-state index contributed by atoms with van der Waals surface area (Å²) in [5.41, 5.74) is 4.74. The van der Waals surface area contributed by atoms with Crippen LogP contribution in [0.5, 0.6) is 5.75 Å². The highest BCUT2D eigenvalue weighted by molar-refractivity contribution is 6.01. The van der Waals surface area contributed by atoms with Gasteiger partial charge in [0.05, 0.1) is 0 Å². The lowest BCUT2D eigenvalue weighted by molar-refractivity contribution is -0.136. The number of hydrogen-bond donors (Lipinski definition) is 2. The van der Waals surface area contributed by atoms with Crippen LogP contribution in [0, 0.1) is 0 Å². The molecule has 0 amide bonds. The van der Waals surface area contributed by atoms with Gasteiger partial charge in [-0.05, 0) is 41.8 Å². The van der Waals surface area contributed by atoms with Gasteiger partial charge in [-0.15, -0.1) is 0 Å². The van der Waals surface area contributed by atoms with E-state index in [9.17, 15) is 4.79 Å². The van der Waals surface area contributed by atoms with E-state index >= 15 is 0 Å². The molecule has 3 rings (SSSR count). The van der Waals surface area contributed by atoms with E-state index < -0.39 is 5.97 Å². The van der Waals surface area contributed by atoms with E-state index in [0.717, 1.165) is 33.8 Å². The number of nitrogens with zero attached hydrogens (tertiary/aromatic N) is 1. The number of anilines is 1. The predicted octanol–water partition coefficient (Wildman–Crippen LogP) is 4.75. The van der Waals surface area contributed by atoms with Crippen molar-refractivity contribution in [1.82, 2.24) is 0 Å². The maximum atomic E-state index is 10.7. The summed E-state index contributed by atoms with van der Waals surface area (Å²) in [4.78, 5) is 15.6. The Morgan fingerprint density at radius 3 is 2.45 bits per heavy atom. The Kier molecular flexibility index (Phi) is 8.05. The van der Waals surface area contributed by atoms with Crippen molar-refractivity contribution < 1.29 is 19.5 Å². The quantitative estimate of drug-likeness (QED) is 0.347. The maximum Gasteiger partial charge on any atom is 0.303 e. The van der Waals surface area contributed by atoms with Gasteiger partial charge in [0, 0.05) is 24.2 Å². The molecule has 0 aliphatic heterocycles. The van der Waals surface area contributed by atoms with Crippen LogP contribution in [0.4, 0.5) is 5.69 Å². The van der Waals surface area contributed by atoms with Gasteiger partial charge < -0.3 is 20.0 Å². The normalized spacial score (nSPS) is 11.1. The van der Waals surface area contributed by atoms with Gasteiger partial charge in [-0.1, -0.05) is 59.8 Å². The molecule has 3 aromatic carbocycles. The van der Waals surface area contributed by atoms with Crippen LogP contribution in [-0.4, -0.2) is 30.5 Å². The van der Waals surface area contributed by atoms with Gasteiger partial charge in [-0.2, -0.15) is 0 Å². The first-order valence-electron chi connectivity index (χ1n) is 10.1. The van der Waals surface area contributed by atoms with E-state index in [1.165, 1.54) is 7.11 Å². The number of rotatable bonds is 11. The van der Waals surface area contributed by atoms with Crippen LogP contribution in [0.1, 0.15) is 23.1 Å². The third-order valence-electron chi connectivity index (χ3n) is 4.66. The van der Waals surface area contributed by atoms with Gasteiger partial charge >= 0.3 is 5.97 Å². The topological polar surface area (TPSA) is 80.2 Å². The van der Waals surface area contributed by atoms with Crippen LogP contribution in [0.15, 0.2) is 84.0 Å². The second-order valence-electron chi connectivity index (χ2n) is 6.97. The third kappa shape index (κ3) is 7.19. The average Bonchev–Trinajstić information content (AvgIpc) is 2.80. The highest BCUT2D eigenvalue weighted by Crippen LogP contribution is 2.17. The lowest BCUT2D eigenvalue weighted by Crippen LogP contribution is -2.13. The van der Waals surface area contributed by atoms with E-state index in [0.29, 0.717) is 19.6 Å². The molecule has 0 aliphatic rings. The number of benzene rings is 3. The Labute approximate surface area is 182 Å². The van der Waals surface area contributed by atoms with Crippen LogP contribution in [0.2, 0.25) is 0 Å². The maximum absolute atomic E-state index is 10.7. The number of oxime groups is 1. The van der Waals surface area contributed by atoms with Gasteiger partial charge in [0.15, 0.2) is 0 Å². The van der Waals surface area contributed by atoms with Gasteiger partial charge in [0.1, 0.15) is 25.2 Å². The zero-order chi connectivity index (χ0) is 21.9. The number of carboxylic acid groups (broad SMARTS) is 1. The molecule has 0 saturated heterocycles. The van der Waals surface area contributed by atoms with Crippen molar-refractivity contribution in [3.05, 3.63) is 95.6 Å². The summed E-state index contributed by atoms with van der Waals surface area (Å²) in [5.74, 6) is -0.0308. The number of carbonyl (C=O) groups is 1. The van der Waals surface area contributed by atoms with Crippen LogP contribution in [0.25, 0.3) is 0 Å². The zero-order valence-corrected chi connectivity index (χ0v) is 17.5. The average molecular weight is 418 g/mol. The number of carboxylic acids is 1. The molecule has 0 heterocycles. The molecule has 3 aromatic rings. The lowest BCUT2D eigenvalue weighted by Gasteiger charge is -2.11. The van der Waals surface area contributed by atoms with Crippen LogP contribution >= 0.6 is 0 Å².